The molecule has 5 heteroatoms. The lowest BCUT2D eigenvalue weighted by molar-refractivity contribution is -0.147. The topological polar surface area (TPSA) is 53.5 Å². The van der Waals surface area contributed by atoms with Crippen LogP contribution in [-0.4, -0.2) is 40.2 Å². The third kappa shape index (κ3) is 2.83. The van der Waals surface area contributed by atoms with Gasteiger partial charge in [-0.15, -0.1) is 0 Å². The molecule has 1 atom stereocenters. The lowest BCUT2D eigenvalue weighted by Gasteiger charge is -2.47. The van der Waals surface area contributed by atoms with E-state index in [1.54, 1.807) is 17.3 Å². The molecule has 0 radical (unpaired) electrons. The van der Waals surface area contributed by atoms with Gasteiger partial charge in [0.15, 0.2) is 0 Å². The van der Waals surface area contributed by atoms with Gasteiger partial charge in [-0.25, -0.2) is 0 Å². The number of amides is 2. The Morgan fingerprint density at radius 3 is 2.96 bits per heavy atom. The minimum atomic E-state index is -0.529. The first-order valence-electron chi connectivity index (χ1n) is 8.74. The van der Waals surface area contributed by atoms with E-state index in [2.05, 4.69) is 11.1 Å². The second-order valence-electron chi connectivity index (χ2n) is 6.72. The maximum absolute atomic E-state index is 13.4. The third-order valence-electron chi connectivity index (χ3n) is 5.21. The molecule has 1 aliphatic carbocycles. The van der Waals surface area contributed by atoms with E-state index in [1.165, 1.54) is 0 Å². The van der Waals surface area contributed by atoms with Crippen molar-refractivity contribution in [1.29, 1.82) is 0 Å². The molecule has 1 unspecified atom stereocenters. The van der Waals surface area contributed by atoms with Gasteiger partial charge in [0.1, 0.15) is 0 Å². The lowest BCUT2D eigenvalue weighted by Crippen LogP contribution is -2.53. The summed E-state index contributed by atoms with van der Waals surface area (Å²) in [5.41, 5.74) is 1.43. The number of nitrogens with zero attached hydrogens (tertiary/aromatic N) is 3. The highest BCUT2D eigenvalue weighted by atomic mass is 16.2. The maximum Gasteiger partial charge on any atom is 0.234 e. The Labute approximate surface area is 143 Å². The maximum atomic E-state index is 13.4. The number of aromatic nitrogens is 1. The first-order chi connectivity index (χ1) is 11.6. The first-order valence-corrected chi connectivity index (χ1v) is 8.74. The SMILES string of the molecule is CCN1C(=O)CCC2(C(=O)N(C)Cc3cccnc3)CCCC=C12. The summed E-state index contributed by atoms with van der Waals surface area (Å²) in [6.07, 6.45) is 9.50. The summed E-state index contributed by atoms with van der Waals surface area (Å²) in [7, 11) is 1.85. The van der Waals surface area contributed by atoms with E-state index in [0.717, 1.165) is 30.5 Å². The molecule has 0 bridgehead atoms. The summed E-state index contributed by atoms with van der Waals surface area (Å²) in [6.45, 7) is 3.15. The molecule has 0 saturated carbocycles. The quantitative estimate of drug-likeness (QED) is 0.854. The van der Waals surface area contributed by atoms with Gasteiger partial charge in [-0.05, 0) is 44.2 Å². The van der Waals surface area contributed by atoms with Gasteiger partial charge in [-0.3, -0.25) is 14.6 Å². The number of rotatable bonds is 4. The Morgan fingerprint density at radius 1 is 1.42 bits per heavy atom. The zero-order chi connectivity index (χ0) is 17.2. The van der Waals surface area contributed by atoms with Crippen molar-refractivity contribution in [2.45, 2.75) is 45.6 Å². The van der Waals surface area contributed by atoms with E-state index in [1.807, 2.05) is 31.0 Å². The van der Waals surface area contributed by atoms with Crippen LogP contribution in [0.15, 0.2) is 36.3 Å². The number of carbonyl (C=O) groups excluding carboxylic acids is 2. The van der Waals surface area contributed by atoms with Crippen LogP contribution in [0.1, 0.15) is 44.6 Å². The van der Waals surface area contributed by atoms with Crippen molar-refractivity contribution in [3.05, 3.63) is 41.9 Å². The molecule has 2 amide bonds. The largest absolute Gasteiger partial charge is 0.341 e. The lowest BCUT2D eigenvalue weighted by atomic mass is 9.69. The predicted molar refractivity (Wildman–Crippen MR) is 91.7 cm³/mol. The molecular formula is C19H25N3O2. The molecule has 128 valence electrons. The highest BCUT2D eigenvalue weighted by Crippen LogP contribution is 2.47. The Hall–Kier alpha value is -2.17. The van der Waals surface area contributed by atoms with Crippen molar-refractivity contribution < 1.29 is 9.59 Å². The van der Waals surface area contributed by atoms with Crippen LogP contribution in [0.2, 0.25) is 0 Å². The van der Waals surface area contributed by atoms with Crippen LogP contribution in [0.5, 0.6) is 0 Å². The van der Waals surface area contributed by atoms with Gasteiger partial charge in [0.25, 0.3) is 0 Å². The minimum absolute atomic E-state index is 0.128. The smallest absolute Gasteiger partial charge is 0.234 e. The van der Waals surface area contributed by atoms with Crippen LogP contribution in [0.25, 0.3) is 0 Å². The number of hydrogen-bond donors (Lipinski definition) is 0. The zero-order valence-electron chi connectivity index (χ0n) is 14.5. The monoisotopic (exact) mass is 327 g/mol. The van der Waals surface area contributed by atoms with E-state index < -0.39 is 5.41 Å². The van der Waals surface area contributed by atoms with Crippen LogP contribution in [0.3, 0.4) is 0 Å². The molecule has 1 fully saturated rings. The number of allylic oxidation sites excluding steroid dienone is 1. The average Bonchev–Trinajstić information content (AvgIpc) is 2.62. The molecule has 2 aliphatic rings. The normalized spacial score (nSPS) is 23.5. The van der Waals surface area contributed by atoms with Gasteiger partial charge in [0.05, 0.1) is 5.41 Å². The summed E-state index contributed by atoms with van der Waals surface area (Å²) in [5, 5.41) is 0. The summed E-state index contributed by atoms with van der Waals surface area (Å²) < 4.78 is 0. The van der Waals surface area contributed by atoms with Crippen LogP contribution < -0.4 is 0 Å². The van der Waals surface area contributed by atoms with Crippen molar-refractivity contribution in [3.63, 3.8) is 0 Å². The van der Waals surface area contributed by atoms with Crippen molar-refractivity contribution in [1.82, 2.24) is 14.8 Å². The van der Waals surface area contributed by atoms with E-state index in [9.17, 15) is 9.59 Å². The van der Waals surface area contributed by atoms with Gasteiger partial charge in [-0.1, -0.05) is 12.1 Å². The number of piperidine rings is 1. The van der Waals surface area contributed by atoms with E-state index >= 15 is 0 Å². The number of pyridine rings is 1. The van der Waals surface area contributed by atoms with Crippen molar-refractivity contribution in [2.24, 2.45) is 5.41 Å². The first kappa shape index (κ1) is 16.7. The Kier molecular flexibility index (Phi) is 4.69. The summed E-state index contributed by atoms with van der Waals surface area (Å²) in [6, 6.07) is 3.87. The van der Waals surface area contributed by atoms with Crippen LogP contribution in [-0.2, 0) is 16.1 Å². The average molecular weight is 327 g/mol. The molecule has 1 aromatic rings. The van der Waals surface area contributed by atoms with Gasteiger partial charge in [-0.2, -0.15) is 0 Å². The molecule has 3 rings (SSSR count). The Balaban J connectivity index is 1.87. The Bertz CT molecular complexity index is 656. The molecular weight excluding hydrogens is 302 g/mol. The molecule has 2 heterocycles. The predicted octanol–water partition coefficient (Wildman–Crippen LogP) is 2.74. The molecule has 0 spiro atoms. The Morgan fingerprint density at radius 2 is 2.25 bits per heavy atom. The van der Waals surface area contributed by atoms with Crippen LogP contribution in [0, 0.1) is 5.41 Å². The third-order valence-corrected chi connectivity index (χ3v) is 5.21. The number of likely N-dealkylation sites (tertiary alicyclic amines) is 1. The van der Waals surface area contributed by atoms with E-state index in [4.69, 9.17) is 0 Å². The van der Waals surface area contributed by atoms with Crippen LogP contribution >= 0.6 is 0 Å². The second-order valence-corrected chi connectivity index (χ2v) is 6.72. The zero-order valence-corrected chi connectivity index (χ0v) is 14.5. The van der Waals surface area contributed by atoms with Crippen LogP contribution in [0.4, 0.5) is 0 Å². The van der Waals surface area contributed by atoms with Crippen molar-refractivity contribution in [2.75, 3.05) is 13.6 Å². The van der Waals surface area contributed by atoms with E-state index in [-0.39, 0.29) is 11.8 Å². The standard InChI is InChI=1S/C19H25N3O2/c1-3-22-16-8-4-5-10-19(16,11-9-17(22)23)18(24)21(2)14-15-7-6-12-20-13-15/h6-8,12-13H,3-5,9-11,14H2,1-2H3. The fourth-order valence-corrected chi connectivity index (χ4v) is 4.05. The highest BCUT2D eigenvalue weighted by molar-refractivity contribution is 5.91. The summed E-state index contributed by atoms with van der Waals surface area (Å²) >= 11 is 0. The number of fused-ring (bicyclic) bond motifs is 1. The molecule has 5 nitrogen and oxygen atoms in total. The molecule has 1 aromatic heterocycles. The molecule has 1 aliphatic heterocycles. The minimum Gasteiger partial charge on any atom is -0.341 e. The van der Waals surface area contributed by atoms with E-state index in [0.29, 0.717) is 25.9 Å². The second kappa shape index (κ2) is 6.75. The molecule has 0 N–H and O–H groups in total. The molecule has 1 saturated heterocycles. The van der Waals surface area contributed by atoms with Gasteiger partial charge in [0, 0.05) is 44.6 Å². The summed E-state index contributed by atoms with van der Waals surface area (Å²) in [5.74, 6) is 0.271. The fraction of sp³-hybridized carbons (Fsp3) is 0.526. The van der Waals surface area contributed by atoms with Crippen molar-refractivity contribution >= 4 is 11.8 Å². The number of hydrogen-bond acceptors (Lipinski definition) is 3. The molecule has 24 heavy (non-hydrogen) atoms. The highest BCUT2D eigenvalue weighted by Gasteiger charge is 2.50. The van der Waals surface area contributed by atoms with Gasteiger partial charge < -0.3 is 9.80 Å². The molecule has 0 aromatic carbocycles. The van der Waals surface area contributed by atoms with Gasteiger partial charge >= 0.3 is 0 Å². The van der Waals surface area contributed by atoms with Gasteiger partial charge in [0.2, 0.25) is 11.8 Å². The summed E-state index contributed by atoms with van der Waals surface area (Å²) in [4.78, 5) is 33.3. The fourth-order valence-electron chi connectivity index (χ4n) is 4.05. The number of carbonyl (C=O) groups is 2. The van der Waals surface area contributed by atoms with Crippen molar-refractivity contribution in [3.8, 4) is 0 Å².